The quantitative estimate of drug-likeness (QED) is 0.821. The molecular weight excluding hydrogens is 328 g/mol. The van der Waals surface area contributed by atoms with Crippen LogP contribution in [-0.4, -0.2) is 50.2 Å². The highest BCUT2D eigenvalue weighted by Crippen LogP contribution is 2.20. The van der Waals surface area contributed by atoms with Crippen molar-refractivity contribution in [3.8, 4) is 0 Å². The molecule has 19 heavy (non-hydrogen) atoms. The van der Waals surface area contributed by atoms with E-state index in [0.717, 1.165) is 22.5 Å². The monoisotopic (exact) mass is 344 g/mol. The van der Waals surface area contributed by atoms with Gasteiger partial charge < -0.3 is 15.0 Å². The first-order valence-electron chi connectivity index (χ1n) is 6.13. The van der Waals surface area contributed by atoms with E-state index in [1.54, 1.807) is 6.07 Å². The molecule has 0 radical (unpaired) electrons. The van der Waals surface area contributed by atoms with Gasteiger partial charge in [0.25, 0.3) is 5.91 Å². The Kier molecular flexibility index (Phi) is 5.27. The Morgan fingerprint density at radius 1 is 1.63 bits per heavy atom. The highest BCUT2D eigenvalue weighted by Gasteiger charge is 2.19. The number of likely N-dealkylation sites (N-methyl/N-ethyl adjacent to an activating group) is 1. The van der Waals surface area contributed by atoms with E-state index in [1.165, 1.54) is 0 Å². The summed E-state index contributed by atoms with van der Waals surface area (Å²) in [5, 5.41) is 2.90. The molecule has 104 valence electrons. The highest BCUT2D eigenvalue weighted by atomic mass is 79.9. The number of carbonyl (C=O) groups excluding carboxylic acids is 1. The molecule has 1 aromatic carbocycles. The largest absolute Gasteiger partial charge is 0.374 e. The minimum Gasteiger partial charge on any atom is -0.374 e. The number of halogens is 1. The summed E-state index contributed by atoms with van der Waals surface area (Å²) in [6.07, 6.45) is 0.0562. The van der Waals surface area contributed by atoms with Crippen molar-refractivity contribution in [2.75, 3.05) is 33.3 Å². The SMILES string of the molecule is CN1CCOC(CNC(=O)c2cc(S)ccc2Br)C1. The number of hydrogen-bond acceptors (Lipinski definition) is 4. The second kappa shape index (κ2) is 6.74. The first-order valence-corrected chi connectivity index (χ1v) is 7.37. The van der Waals surface area contributed by atoms with Gasteiger partial charge in [-0.15, -0.1) is 12.6 Å². The van der Waals surface area contributed by atoms with Crippen molar-refractivity contribution in [1.29, 1.82) is 0 Å². The predicted octanol–water partition coefficient (Wildman–Crippen LogP) is 1.80. The number of nitrogens with one attached hydrogen (secondary N) is 1. The zero-order valence-electron chi connectivity index (χ0n) is 10.7. The molecule has 1 unspecified atom stereocenters. The van der Waals surface area contributed by atoms with Gasteiger partial charge in [0.1, 0.15) is 0 Å². The van der Waals surface area contributed by atoms with Gasteiger partial charge in [-0.05, 0) is 41.2 Å². The van der Waals surface area contributed by atoms with Crippen LogP contribution in [0.5, 0.6) is 0 Å². The molecule has 0 spiro atoms. The fraction of sp³-hybridized carbons (Fsp3) is 0.462. The number of rotatable bonds is 3. The zero-order chi connectivity index (χ0) is 13.8. The number of nitrogens with zero attached hydrogens (tertiary/aromatic N) is 1. The van der Waals surface area contributed by atoms with Crippen LogP contribution in [0.3, 0.4) is 0 Å². The topological polar surface area (TPSA) is 41.6 Å². The highest BCUT2D eigenvalue weighted by molar-refractivity contribution is 9.10. The third kappa shape index (κ3) is 4.21. The molecule has 0 saturated carbocycles. The molecule has 4 nitrogen and oxygen atoms in total. The van der Waals surface area contributed by atoms with Crippen LogP contribution >= 0.6 is 28.6 Å². The van der Waals surface area contributed by atoms with Crippen LogP contribution in [0.2, 0.25) is 0 Å². The molecule has 1 aliphatic rings. The minimum absolute atomic E-state index is 0.0562. The van der Waals surface area contributed by atoms with Crippen LogP contribution in [0.15, 0.2) is 27.6 Å². The second-order valence-electron chi connectivity index (χ2n) is 4.63. The number of ether oxygens (including phenoxy) is 1. The number of thiol groups is 1. The number of amides is 1. The Bertz CT molecular complexity index is 470. The Labute approximate surface area is 127 Å². The van der Waals surface area contributed by atoms with Gasteiger partial charge >= 0.3 is 0 Å². The molecule has 0 aliphatic carbocycles. The first kappa shape index (κ1) is 14.8. The van der Waals surface area contributed by atoms with Gasteiger partial charge in [-0.2, -0.15) is 0 Å². The van der Waals surface area contributed by atoms with Gasteiger partial charge in [-0.3, -0.25) is 4.79 Å². The summed E-state index contributed by atoms with van der Waals surface area (Å²) >= 11 is 7.62. The molecule has 6 heteroatoms. The van der Waals surface area contributed by atoms with Gasteiger partial charge in [0.2, 0.25) is 0 Å². The number of carbonyl (C=O) groups is 1. The van der Waals surface area contributed by atoms with E-state index in [-0.39, 0.29) is 12.0 Å². The van der Waals surface area contributed by atoms with Crippen molar-refractivity contribution in [3.63, 3.8) is 0 Å². The van der Waals surface area contributed by atoms with Crippen molar-refractivity contribution >= 4 is 34.5 Å². The summed E-state index contributed by atoms with van der Waals surface area (Å²) in [5.74, 6) is -0.111. The van der Waals surface area contributed by atoms with Gasteiger partial charge in [-0.1, -0.05) is 0 Å². The van der Waals surface area contributed by atoms with Gasteiger partial charge in [0.15, 0.2) is 0 Å². The van der Waals surface area contributed by atoms with E-state index in [2.05, 4.69) is 45.8 Å². The van der Waals surface area contributed by atoms with E-state index in [0.29, 0.717) is 18.7 Å². The number of hydrogen-bond donors (Lipinski definition) is 2. The first-order chi connectivity index (χ1) is 9.06. The van der Waals surface area contributed by atoms with Crippen LogP contribution in [0.4, 0.5) is 0 Å². The Balaban J connectivity index is 1.92. The third-order valence-corrected chi connectivity index (χ3v) is 4.00. The molecule has 1 N–H and O–H groups in total. The van der Waals surface area contributed by atoms with E-state index in [4.69, 9.17) is 4.74 Å². The number of benzene rings is 1. The van der Waals surface area contributed by atoms with Crippen molar-refractivity contribution in [3.05, 3.63) is 28.2 Å². The smallest absolute Gasteiger partial charge is 0.252 e. The maximum Gasteiger partial charge on any atom is 0.252 e. The van der Waals surface area contributed by atoms with Crippen molar-refractivity contribution < 1.29 is 9.53 Å². The molecule has 1 fully saturated rings. The number of morpholine rings is 1. The van der Waals surface area contributed by atoms with E-state index in [1.807, 2.05) is 12.1 Å². The lowest BCUT2D eigenvalue weighted by Gasteiger charge is -2.30. The lowest BCUT2D eigenvalue weighted by Crippen LogP contribution is -2.45. The molecule has 1 heterocycles. The molecule has 1 aliphatic heterocycles. The average Bonchev–Trinajstić information content (AvgIpc) is 2.39. The zero-order valence-corrected chi connectivity index (χ0v) is 13.2. The average molecular weight is 345 g/mol. The summed E-state index contributed by atoms with van der Waals surface area (Å²) in [6, 6.07) is 5.40. The molecule has 0 aromatic heterocycles. The summed E-state index contributed by atoms with van der Waals surface area (Å²) in [7, 11) is 2.05. The molecular formula is C13H17BrN2O2S. The fourth-order valence-corrected chi connectivity index (χ4v) is 2.61. The predicted molar refractivity (Wildman–Crippen MR) is 81.0 cm³/mol. The molecule has 1 saturated heterocycles. The second-order valence-corrected chi connectivity index (χ2v) is 6.00. The maximum atomic E-state index is 12.1. The minimum atomic E-state index is -0.111. The molecule has 2 rings (SSSR count). The van der Waals surface area contributed by atoms with Crippen LogP contribution in [0, 0.1) is 0 Å². The molecule has 1 atom stereocenters. The van der Waals surface area contributed by atoms with Crippen LogP contribution < -0.4 is 5.32 Å². The van der Waals surface area contributed by atoms with Crippen molar-refractivity contribution in [2.45, 2.75) is 11.0 Å². The molecule has 0 bridgehead atoms. The summed E-state index contributed by atoms with van der Waals surface area (Å²) in [4.78, 5) is 15.1. The Hall–Kier alpha value is -0.560. The van der Waals surface area contributed by atoms with E-state index >= 15 is 0 Å². The normalized spacial score (nSPS) is 20.3. The Morgan fingerprint density at radius 3 is 3.16 bits per heavy atom. The standard InChI is InChI=1S/C13H17BrN2O2S/c1-16-4-5-18-9(8-16)7-15-13(17)11-6-10(19)2-3-12(11)14/h2-3,6,9,19H,4-5,7-8H2,1H3,(H,15,17). The van der Waals surface area contributed by atoms with Gasteiger partial charge in [0, 0.05) is 29.0 Å². The Morgan fingerprint density at radius 2 is 2.42 bits per heavy atom. The van der Waals surface area contributed by atoms with Crippen molar-refractivity contribution in [2.24, 2.45) is 0 Å². The molecule has 1 aromatic rings. The summed E-state index contributed by atoms with van der Waals surface area (Å²) < 4.78 is 6.37. The maximum absolute atomic E-state index is 12.1. The van der Waals surface area contributed by atoms with Crippen LogP contribution in [0.1, 0.15) is 10.4 Å². The summed E-state index contributed by atoms with van der Waals surface area (Å²) in [5.41, 5.74) is 0.594. The van der Waals surface area contributed by atoms with Crippen LogP contribution in [0.25, 0.3) is 0 Å². The van der Waals surface area contributed by atoms with Gasteiger partial charge in [0.05, 0.1) is 18.3 Å². The van der Waals surface area contributed by atoms with Gasteiger partial charge in [-0.25, -0.2) is 0 Å². The summed E-state index contributed by atoms with van der Waals surface area (Å²) in [6.45, 7) is 3.02. The lowest BCUT2D eigenvalue weighted by molar-refractivity contribution is -0.0175. The van der Waals surface area contributed by atoms with Crippen LogP contribution in [-0.2, 0) is 4.74 Å². The third-order valence-electron chi connectivity index (χ3n) is 3.03. The molecule has 1 amide bonds. The fourth-order valence-electron chi connectivity index (χ4n) is 1.98. The van der Waals surface area contributed by atoms with Crippen molar-refractivity contribution in [1.82, 2.24) is 10.2 Å². The lowest BCUT2D eigenvalue weighted by atomic mass is 10.2. The van der Waals surface area contributed by atoms with E-state index < -0.39 is 0 Å². The van der Waals surface area contributed by atoms with E-state index in [9.17, 15) is 4.79 Å².